The average Bonchev–Trinajstić information content (AvgIpc) is 2.16. The number of hydrogen-bond acceptors (Lipinski definition) is 2. The van der Waals surface area contributed by atoms with E-state index >= 15 is 0 Å². The summed E-state index contributed by atoms with van der Waals surface area (Å²) in [5.41, 5.74) is 5.54. The zero-order chi connectivity index (χ0) is 13.6. The van der Waals surface area contributed by atoms with Gasteiger partial charge in [-0.2, -0.15) is 0 Å². The fourth-order valence-corrected chi connectivity index (χ4v) is 2.37. The van der Waals surface area contributed by atoms with Gasteiger partial charge in [0.15, 0.2) is 0 Å². The van der Waals surface area contributed by atoms with Crippen LogP contribution in [0.15, 0.2) is 0 Å². The van der Waals surface area contributed by atoms with Gasteiger partial charge in [0.05, 0.1) is 10.9 Å². The molecule has 0 aliphatic carbocycles. The van der Waals surface area contributed by atoms with Crippen molar-refractivity contribution in [1.82, 2.24) is 5.32 Å². The van der Waals surface area contributed by atoms with E-state index in [0.717, 1.165) is 0 Å². The smallest absolute Gasteiger partial charge is 0.229 e. The van der Waals surface area contributed by atoms with E-state index in [1.165, 1.54) is 0 Å². The lowest BCUT2D eigenvalue weighted by atomic mass is 9.85. The van der Waals surface area contributed by atoms with E-state index < -0.39 is 0 Å². The molecule has 3 nitrogen and oxygen atoms in total. The summed E-state index contributed by atoms with van der Waals surface area (Å²) in [4.78, 5) is 12.2. The molecule has 100 valence electrons. The summed E-state index contributed by atoms with van der Waals surface area (Å²) in [6.07, 6.45) is 0.662. The fourth-order valence-electron chi connectivity index (χ4n) is 2.10. The number of carbonyl (C=O) groups excluding carboxylic acids is 1. The summed E-state index contributed by atoms with van der Waals surface area (Å²) in [7, 11) is 0. The molecule has 0 aliphatic rings. The number of amides is 1. The second-order valence-corrected chi connectivity index (χ2v) is 5.73. The van der Waals surface area contributed by atoms with Crippen molar-refractivity contribution in [3.05, 3.63) is 0 Å². The van der Waals surface area contributed by atoms with Crippen LogP contribution in [0.2, 0.25) is 0 Å². The third-order valence-electron chi connectivity index (χ3n) is 3.29. The van der Waals surface area contributed by atoms with Gasteiger partial charge in [0.25, 0.3) is 0 Å². The molecule has 1 atom stereocenters. The highest BCUT2D eigenvalue weighted by Gasteiger charge is 2.22. The minimum atomic E-state index is -0.329. The van der Waals surface area contributed by atoms with Crippen LogP contribution in [0.4, 0.5) is 0 Å². The Labute approximate surface area is 111 Å². The molecular formula is C13H26N2OS. The van der Waals surface area contributed by atoms with Crippen molar-refractivity contribution < 1.29 is 4.79 Å². The summed E-state index contributed by atoms with van der Waals surface area (Å²) in [6, 6.07) is 0. The van der Waals surface area contributed by atoms with Gasteiger partial charge in [0.2, 0.25) is 5.91 Å². The largest absolute Gasteiger partial charge is 0.393 e. The van der Waals surface area contributed by atoms with E-state index in [1.54, 1.807) is 0 Å². The van der Waals surface area contributed by atoms with Crippen LogP contribution >= 0.6 is 12.2 Å². The van der Waals surface area contributed by atoms with Gasteiger partial charge >= 0.3 is 0 Å². The Balaban J connectivity index is 4.35. The molecule has 0 aromatic carbocycles. The van der Waals surface area contributed by atoms with Crippen molar-refractivity contribution in [2.75, 3.05) is 6.54 Å². The first-order valence-corrected chi connectivity index (χ1v) is 6.79. The molecule has 17 heavy (non-hydrogen) atoms. The lowest BCUT2D eigenvalue weighted by Gasteiger charge is -2.26. The van der Waals surface area contributed by atoms with Crippen LogP contribution in [0.3, 0.4) is 0 Å². The molecule has 0 saturated heterocycles. The van der Waals surface area contributed by atoms with Crippen molar-refractivity contribution in [2.24, 2.45) is 29.4 Å². The molecular weight excluding hydrogens is 232 g/mol. The summed E-state index contributed by atoms with van der Waals surface area (Å²) >= 11 is 4.89. The highest BCUT2D eigenvalue weighted by atomic mass is 32.1. The van der Waals surface area contributed by atoms with Crippen LogP contribution in [0.5, 0.6) is 0 Å². The molecule has 0 radical (unpaired) electrons. The van der Waals surface area contributed by atoms with E-state index in [4.69, 9.17) is 18.0 Å². The zero-order valence-corrected chi connectivity index (χ0v) is 12.4. The normalized spacial score (nSPS) is 13.2. The van der Waals surface area contributed by atoms with Crippen LogP contribution in [0, 0.1) is 23.7 Å². The Morgan fingerprint density at radius 3 is 2.00 bits per heavy atom. The molecule has 0 spiro atoms. The molecule has 0 heterocycles. The molecule has 0 aromatic heterocycles. The molecule has 0 bridgehead atoms. The SMILES string of the molecule is CCC(C(=O)NCC(C(C)C)C(C)C)C(N)=S. The Kier molecular flexibility index (Phi) is 7.35. The van der Waals surface area contributed by atoms with Crippen molar-refractivity contribution >= 4 is 23.1 Å². The number of nitrogens with one attached hydrogen (secondary N) is 1. The lowest BCUT2D eigenvalue weighted by Crippen LogP contribution is -2.41. The quantitative estimate of drug-likeness (QED) is 0.689. The Morgan fingerprint density at radius 1 is 1.24 bits per heavy atom. The average molecular weight is 258 g/mol. The molecule has 1 amide bonds. The second-order valence-electron chi connectivity index (χ2n) is 5.26. The molecule has 0 aromatic rings. The van der Waals surface area contributed by atoms with E-state index in [-0.39, 0.29) is 16.8 Å². The van der Waals surface area contributed by atoms with Gasteiger partial charge in [0, 0.05) is 6.54 Å². The van der Waals surface area contributed by atoms with Gasteiger partial charge in [-0.1, -0.05) is 46.8 Å². The maximum atomic E-state index is 11.9. The highest BCUT2D eigenvalue weighted by Crippen LogP contribution is 2.19. The zero-order valence-electron chi connectivity index (χ0n) is 11.6. The highest BCUT2D eigenvalue weighted by molar-refractivity contribution is 7.80. The third-order valence-corrected chi connectivity index (χ3v) is 3.58. The monoisotopic (exact) mass is 258 g/mol. The number of thiocarbonyl (C=S) groups is 1. The van der Waals surface area contributed by atoms with Crippen LogP contribution < -0.4 is 11.1 Å². The van der Waals surface area contributed by atoms with E-state index in [0.29, 0.717) is 30.7 Å². The number of rotatable bonds is 7. The molecule has 0 saturated carbocycles. The molecule has 0 fully saturated rings. The predicted molar refractivity (Wildman–Crippen MR) is 76.7 cm³/mol. The summed E-state index contributed by atoms with van der Waals surface area (Å²) < 4.78 is 0. The maximum absolute atomic E-state index is 11.9. The van der Waals surface area contributed by atoms with E-state index in [1.807, 2.05) is 6.92 Å². The summed E-state index contributed by atoms with van der Waals surface area (Å²) in [5.74, 6) is 1.24. The summed E-state index contributed by atoms with van der Waals surface area (Å²) in [5, 5.41) is 2.97. The van der Waals surface area contributed by atoms with Gasteiger partial charge in [-0.25, -0.2) is 0 Å². The predicted octanol–water partition coefficient (Wildman–Crippen LogP) is 2.34. The Hall–Kier alpha value is -0.640. The minimum Gasteiger partial charge on any atom is -0.393 e. The molecule has 4 heteroatoms. The van der Waals surface area contributed by atoms with Gasteiger partial charge in [-0.05, 0) is 24.2 Å². The number of carbonyl (C=O) groups is 1. The molecule has 0 rings (SSSR count). The standard InChI is InChI=1S/C13H26N2OS/c1-6-10(12(14)17)13(16)15-7-11(8(2)3)9(4)5/h8-11H,6-7H2,1-5H3,(H2,14,17)(H,15,16). The Morgan fingerprint density at radius 2 is 1.71 bits per heavy atom. The second kappa shape index (κ2) is 7.64. The van der Waals surface area contributed by atoms with Gasteiger partial charge in [-0.15, -0.1) is 0 Å². The van der Waals surface area contributed by atoms with E-state index in [2.05, 4.69) is 33.0 Å². The first kappa shape index (κ1) is 16.4. The van der Waals surface area contributed by atoms with Crippen LogP contribution in [0.1, 0.15) is 41.0 Å². The van der Waals surface area contributed by atoms with Crippen LogP contribution in [0.25, 0.3) is 0 Å². The van der Waals surface area contributed by atoms with Crippen LogP contribution in [-0.2, 0) is 4.79 Å². The summed E-state index contributed by atoms with van der Waals surface area (Å²) in [6.45, 7) is 11.4. The van der Waals surface area contributed by atoms with Crippen molar-refractivity contribution in [2.45, 2.75) is 41.0 Å². The number of hydrogen-bond donors (Lipinski definition) is 2. The molecule has 1 unspecified atom stereocenters. The fraction of sp³-hybridized carbons (Fsp3) is 0.846. The van der Waals surface area contributed by atoms with E-state index in [9.17, 15) is 4.79 Å². The van der Waals surface area contributed by atoms with Crippen molar-refractivity contribution in [1.29, 1.82) is 0 Å². The first-order chi connectivity index (χ1) is 7.81. The lowest BCUT2D eigenvalue weighted by molar-refractivity contribution is -0.123. The maximum Gasteiger partial charge on any atom is 0.229 e. The number of nitrogens with two attached hydrogens (primary N) is 1. The first-order valence-electron chi connectivity index (χ1n) is 6.38. The molecule has 0 aliphatic heterocycles. The van der Waals surface area contributed by atoms with Crippen molar-refractivity contribution in [3.63, 3.8) is 0 Å². The topological polar surface area (TPSA) is 55.1 Å². The van der Waals surface area contributed by atoms with Crippen LogP contribution in [-0.4, -0.2) is 17.4 Å². The Bertz CT molecular complexity index is 256. The van der Waals surface area contributed by atoms with Gasteiger partial charge in [-0.3, -0.25) is 4.79 Å². The van der Waals surface area contributed by atoms with Gasteiger partial charge in [0.1, 0.15) is 0 Å². The minimum absolute atomic E-state index is 0.0358. The van der Waals surface area contributed by atoms with Gasteiger partial charge < -0.3 is 11.1 Å². The van der Waals surface area contributed by atoms with Crippen molar-refractivity contribution in [3.8, 4) is 0 Å². The molecule has 3 N–H and O–H groups in total. The third kappa shape index (κ3) is 5.48.